The highest BCUT2D eigenvalue weighted by atomic mass is 32.1. The fourth-order valence-electron chi connectivity index (χ4n) is 4.83. The van der Waals surface area contributed by atoms with Gasteiger partial charge in [-0.3, -0.25) is 14.2 Å². The van der Waals surface area contributed by atoms with Gasteiger partial charge in [0.25, 0.3) is 5.56 Å². The predicted molar refractivity (Wildman–Crippen MR) is 164 cm³/mol. The summed E-state index contributed by atoms with van der Waals surface area (Å²) >= 11 is 1.26. The zero-order valence-electron chi connectivity index (χ0n) is 25.1. The number of allylic oxidation sites excluding steroid dienone is 1. The molecule has 42 heavy (non-hydrogen) atoms. The Balaban J connectivity index is 1.87. The van der Waals surface area contributed by atoms with Crippen molar-refractivity contribution < 1.29 is 23.8 Å². The summed E-state index contributed by atoms with van der Waals surface area (Å²) in [6, 6.07) is 12.2. The second-order valence-electron chi connectivity index (χ2n) is 10.3. The molecule has 222 valence electrons. The molecule has 1 aliphatic rings. The van der Waals surface area contributed by atoms with Gasteiger partial charge in [-0.15, -0.1) is 0 Å². The lowest BCUT2D eigenvalue weighted by atomic mass is 9.95. The quantitative estimate of drug-likeness (QED) is 0.257. The van der Waals surface area contributed by atoms with Crippen molar-refractivity contribution in [2.75, 3.05) is 31.7 Å². The minimum absolute atomic E-state index is 0.130. The normalized spacial score (nSPS) is 14.9. The highest BCUT2D eigenvalue weighted by Gasteiger charge is 2.34. The van der Waals surface area contributed by atoms with E-state index in [1.165, 1.54) is 29.9 Å². The molecule has 10 heteroatoms. The van der Waals surface area contributed by atoms with Gasteiger partial charge in [-0.05, 0) is 68.2 Å². The van der Waals surface area contributed by atoms with Gasteiger partial charge in [-0.25, -0.2) is 9.79 Å². The van der Waals surface area contributed by atoms with Crippen LogP contribution in [0.2, 0.25) is 0 Å². The fourth-order valence-corrected chi connectivity index (χ4v) is 5.88. The highest BCUT2D eigenvalue weighted by molar-refractivity contribution is 7.07. The van der Waals surface area contributed by atoms with E-state index >= 15 is 0 Å². The molecule has 9 nitrogen and oxygen atoms in total. The Bertz CT molecular complexity index is 1680. The number of hydrogen-bond acceptors (Lipinski definition) is 9. The smallest absolute Gasteiger partial charge is 0.338 e. The van der Waals surface area contributed by atoms with Gasteiger partial charge in [0.05, 0.1) is 35.6 Å². The molecule has 0 saturated heterocycles. The second kappa shape index (κ2) is 13.2. The van der Waals surface area contributed by atoms with Crippen molar-refractivity contribution in [2.45, 2.75) is 47.6 Å². The van der Waals surface area contributed by atoms with E-state index in [1.807, 2.05) is 44.2 Å². The van der Waals surface area contributed by atoms with E-state index in [4.69, 9.17) is 14.2 Å². The van der Waals surface area contributed by atoms with Gasteiger partial charge in [0.15, 0.2) is 16.3 Å². The van der Waals surface area contributed by atoms with Crippen LogP contribution in [0, 0.1) is 5.92 Å². The molecule has 1 aromatic heterocycles. The van der Waals surface area contributed by atoms with Crippen LogP contribution >= 0.6 is 11.3 Å². The Labute approximate surface area is 249 Å². The molecule has 1 aliphatic heterocycles. The Morgan fingerprint density at radius 2 is 1.79 bits per heavy atom. The summed E-state index contributed by atoms with van der Waals surface area (Å²) in [6.07, 6.45) is 1.84. The molecule has 4 rings (SSSR count). The maximum atomic E-state index is 14.0. The van der Waals surface area contributed by atoms with Crippen molar-refractivity contribution in [1.82, 2.24) is 4.57 Å². The summed E-state index contributed by atoms with van der Waals surface area (Å²) < 4.78 is 18.4. The molecule has 2 aromatic carbocycles. The first-order chi connectivity index (χ1) is 20.1. The predicted octanol–water partition coefficient (Wildman–Crippen LogP) is 4.21. The van der Waals surface area contributed by atoms with Crippen LogP contribution in [0.15, 0.2) is 63.5 Å². The lowest BCUT2D eigenvalue weighted by molar-refractivity contribution is -0.140. The Kier molecular flexibility index (Phi) is 9.67. The maximum absolute atomic E-state index is 14.0. The molecular weight excluding hydrogens is 554 g/mol. The van der Waals surface area contributed by atoms with Crippen LogP contribution in [0.3, 0.4) is 0 Å². The minimum atomic E-state index is -0.826. The molecule has 0 unspecified atom stereocenters. The molecule has 1 atom stereocenters. The number of benzene rings is 2. The van der Waals surface area contributed by atoms with E-state index < -0.39 is 18.0 Å². The average Bonchev–Trinajstić information content (AvgIpc) is 3.26. The average molecular weight is 592 g/mol. The lowest BCUT2D eigenvalue weighted by Crippen LogP contribution is -2.40. The number of esters is 2. The number of fused-ring (bicyclic) bond motifs is 1. The summed E-state index contributed by atoms with van der Waals surface area (Å²) in [7, 11) is 1.46. The van der Waals surface area contributed by atoms with Crippen molar-refractivity contribution >= 4 is 35.0 Å². The summed E-state index contributed by atoms with van der Waals surface area (Å²) in [5, 5.41) is 0. The fraction of sp³-hybridized carbons (Fsp3) is 0.375. The van der Waals surface area contributed by atoms with Crippen LogP contribution in [-0.4, -0.2) is 43.3 Å². The number of rotatable bonds is 10. The maximum Gasteiger partial charge on any atom is 0.338 e. The molecule has 0 saturated carbocycles. The van der Waals surface area contributed by atoms with Crippen LogP contribution in [0.4, 0.5) is 5.69 Å². The SMILES string of the molecule is CCN(CC)c1ccc(/C=c2/sc3n(c2=O)[C@@H](c2ccc(OC(C)=O)c(OC)c2)C(C(=O)OCC(C)C)=C(C)N=3)cc1. The summed E-state index contributed by atoms with van der Waals surface area (Å²) in [5.74, 6) is -0.376. The third kappa shape index (κ3) is 6.49. The summed E-state index contributed by atoms with van der Waals surface area (Å²) in [5.41, 5.74) is 3.04. The Morgan fingerprint density at radius 1 is 1.10 bits per heavy atom. The third-order valence-electron chi connectivity index (χ3n) is 6.87. The summed E-state index contributed by atoms with van der Waals surface area (Å²) in [4.78, 5) is 46.4. The first kappa shape index (κ1) is 30.8. The lowest BCUT2D eigenvalue weighted by Gasteiger charge is -2.25. The number of hydrogen-bond donors (Lipinski definition) is 0. The molecule has 0 bridgehead atoms. The number of carbonyl (C=O) groups is 2. The first-order valence-corrected chi connectivity index (χ1v) is 14.8. The number of aromatic nitrogens is 1. The molecule has 0 radical (unpaired) electrons. The van der Waals surface area contributed by atoms with Crippen molar-refractivity contribution in [1.29, 1.82) is 0 Å². The van der Waals surface area contributed by atoms with E-state index in [9.17, 15) is 14.4 Å². The minimum Gasteiger partial charge on any atom is -0.493 e. The highest BCUT2D eigenvalue weighted by Crippen LogP contribution is 2.36. The first-order valence-electron chi connectivity index (χ1n) is 14.0. The molecule has 2 heterocycles. The Hall–Kier alpha value is -4.18. The molecular formula is C32H37N3O6S. The number of methoxy groups -OCH3 is 1. The van der Waals surface area contributed by atoms with E-state index in [0.29, 0.717) is 26.3 Å². The zero-order valence-corrected chi connectivity index (χ0v) is 25.9. The van der Waals surface area contributed by atoms with Gasteiger partial charge < -0.3 is 19.1 Å². The van der Waals surface area contributed by atoms with E-state index in [2.05, 4.69) is 23.7 Å². The number of carbonyl (C=O) groups excluding carboxylic acids is 2. The van der Waals surface area contributed by atoms with E-state index in [0.717, 1.165) is 24.3 Å². The topological polar surface area (TPSA) is 99.4 Å². The van der Waals surface area contributed by atoms with Gasteiger partial charge >= 0.3 is 11.9 Å². The van der Waals surface area contributed by atoms with Crippen molar-refractivity contribution in [3.63, 3.8) is 0 Å². The molecule has 0 N–H and O–H groups in total. The number of nitrogens with zero attached hydrogens (tertiary/aromatic N) is 3. The monoisotopic (exact) mass is 591 g/mol. The summed E-state index contributed by atoms with van der Waals surface area (Å²) in [6.45, 7) is 13.2. The Morgan fingerprint density at radius 3 is 2.38 bits per heavy atom. The molecule has 0 aliphatic carbocycles. The molecule has 0 amide bonds. The van der Waals surface area contributed by atoms with Crippen LogP contribution in [0.25, 0.3) is 6.08 Å². The van der Waals surface area contributed by atoms with Crippen molar-refractivity contribution in [3.8, 4) is 11.5 Å². The standard InChI is InChI=1S/C32H37N3O6S/c1-8-34(9-2)24-13-10-22(11-14-24)16-27-30(37)35-29(23-12-15-25(41-21(6)36)26(17-23)39-7)28(20(5)33-32(35)42-27)31(38)40-18-19(3)4/h10-17,19,29H,8-9,18H2,1-7H3/b27-16+/t29-/m0/s1. The van der Waals surface area contributed by atoms with Crippen LogP contribution in [-0.2, 0) is 14.3 Å². The van der Waals surface area contributed by atoms with Crippen molar-refractivity contribution in [2.24, 2.45) is 10.9 Å². The number of anilines is 1. The van der Waals surface area contributed by atoms with Gasteiger partial charge in [-0.2, -0.15) is 0 Å². The van der Waals surface area contributed by atoms with Gasteiger partial charge in [0.1, 0.15) is 0 Å². The van der Waals surface area contributed by atoms with E-state index in [1.54, 1.807) is 25.1 Å². The largest absolute Gasteiger partial charge is 0.493 e. The van der Waals surface area contributed by atoms with Crippen LogP contribution in [0.5, 0.6) is 11.5 Å². The number of ether oxygens (including phenoxy) is 3. The zero-order chi connectivity index (χ0) is 30.6. The second-order valence-corrected chi connectivity index (χ2v) is 11.4. The number of thiazole rings is 1. The molecule has 0 spiro atoms. The molecule has 3 aromatic rings. The van der Waals surface area contributed by atoms with Crippen LogP contribution in [0.1, 0.15) is 58.7 Å². The molecule has 0 fully saturated rings. The van der Waals surface area contributed by atoms with Gasteiger partial charge in [-0.1, -0.05) is 43.4 Å². The van der Waals surface area contributed by atoms with E-state index in [-0.39, 0.29) is 29.4 Å². The van der Waals surface area contributed by atoms with Gasteiger partial charge in [0, 0.05) is 25.7 Å². The third-order valence-corrected chi connectivity index (χ3v) is 7.85. The van der Waals surface area contributed by atoms with Crippen LogP contribution < -0.4 is 29.3 Å². The van der Waals surface area contributed by atoms with Gasteiger partial charge in [0.2, 0.25) is 0 Å². The van der Waals surface area contributed by atoms with Crippen molar-refractivity contribution in [3.05, 3.63) is 84.5 Å².